The fourth-order valence-corrected chi connectivity index (χ4v) is 4.89. The molecule has 0 amide bonds. The molecule has 0 spiro atoms. The van der Waals surface area contributed by atoms with Crippen LogP contribution in [0.25, 0.3) is 0 Å². The van der Waals surface area contributed by atoms with Gasteiger partial charge in [-0.15, -0.1) is 6.58 Å². The molecule has 0 bridgehead atoms. The van der Waals surface area contributed by atoms with Gasteiger partial charge in [0.05, 0.1) is 0 Å². The van der Waals surface area contributed by atoms with Crippen LogP contribution in [0.2, 0.25) is 0 Å². The second-order valence-corrected chi connectivity index (χ2v) is 7.83. The standard InChI is InChI=1S/C22H32.2H2/c1-3-4-18-7-11-20(12-8-18)22-15-13-21(14-16-22)19-9-5-17(2)6-10-19;;/h3,5-6,9-10,18,20-22H,1,4,7-8,11-16H2,2H3;2*1H. The number of allylic oxidation sites excluding steroid dienone is 1. The summed E-state index contributed by atoms with van der Waals surface area (Å²) in [5.41, 5.74) is 2.97. The highest BCUT2D eigenvalue weighted by Gasteiger charge is 2.30. The summed E-state index contributed by atoms with van der Waals surface area (Å²) in [7, 11) is 0. The van der Waals surface area contributed by atoms with Gasteiger partial charge < -0.3 is 0 Å². The van der Waals surface area contributed by atoms with E-state index in [9.17, 15) is 0 Å². The van der Waals surface area contributed by atoms with E-state index in [0.717, 1.165) is 23.7 Å². The molecule has 2 aliphatic rings. The largest absolute Gasteiger partial charge is 0.103 e. The van der Waals surface area contributed by atoms with Gasteiger partial charge in [-0.1, -0.05) is 35.9 Å². The summed E-state index contributed by atoms with van der Waals surface area (Å²) in [5, 5.41) is 0. The van der Waals surface area contributed by atoms with Gasteiger partial charge in [-0.25, -0.2) is 0 Å². The highest BCUT2D eigenvalue weighted by molar-refractivity contribution is 5.24. The maximum Gasteiger partial charge on any atom is 0 e. The van der Waals surface area contributed by atoms with E-state index in [1.54, 1.807) is 5.56 Å². The summed E-state index contributed by atoms with van der Waals surface area (Å²) in [6.45, 7) is 6.09. The van der Waals surface area contributed by atoms with Crippen LogP contribution in [0.1, 0.15) is 77.7 Å². The van der Waals surface area contributed by atoms with Gasteiger partial charge in [0.25, 0.3) is 0 Å². The Kier molecular flexibility index (Phi) is 5.39. The second-order valence-electron chi connectivity index (χ2n) is 7.83. The molecule has 0 N–H and O–H groups in total. The molecule has 0 nitrogen and oxygen atoms in total. The van der Waals surface area contributed by atoms with Gasteiger partial charge in [0.1, 0.15) is 0 Å². The molecule has 2 saturated carbocycles. The van der Waals surface area contributed by atoms with Crippen molar-refractivity contribution < 1.29 is 2.85 Å². The Balaban J connectivity index is 0.00000144. The molecule has 0 heteroatoms. The Labute approximate surface area is 140 Å². The van der Waals surface area contributed by atoms with Crippen LogP contribution >= 0.6 is 0 Å². The molecule has 0 aromatic heterocycles. The maximum atomic E-state index is 3.91. The number of benzene rings is 1. The van der Waals surface area contributed by atoms with Gasteiger partial charge in [0.2, 0.25) is 0 Å². The fraction of sp³-hybridized carbons (Fsp3) is 0.636. The molecule has 0 unspecified atom stereocenters. The molecule has 0 atom stereocenters. The van der Waals surface area contributed by atoms with Gasteiger partial charge in [-0.05, 0) is 93.9 Å². The lowest BCUT2D eigenvalue weighted by atomic mass is 9.68. The fourth-order valence-electron chi connectivity index (χ4n) is 4.89. The van der Waals surface area contributed by atoms with E-state index in [-0.39, 0.29) is 2.85 Å². The van der Waals surface area contributed by atoms with Gasteiger partial charge >= 0.3 is 0 Å². The molecule has 124 valence electrons. The monoisotopic (exact) mass is 300 g/mol. The van der Waals surface area contributed by atoms with E-state index < -0.39 is 0 Å². The third-order valence-corrected chi connectivity index (χ3v) is 6.38. The average Bonchev–Trinajstić information content (AvgIpc) is 2.57. The minimum absolute atomic E-state index is 0. The van der Waals surface area contributed by atoms with Crippen molar-refractivity contribution in [1.82, 2.24) is 0 Å². The summed E-state index contributed by atoms with van der Waals surface area (Å²) < 4.78 is 0. The van der Waals surface area contributed by atoms with Gasteiger partial charge in [0, 0.05) is 2.85 Å². The van der Waals surface area contributed by atoms with Crippen LogP contribution in [0.4, 0.5) is 0 Å². The van der Waals surface area contributed by atoms with Crippen molar-refractivity contribution in [2.24, 2.45) is 17.8 Å². The normalized spacial score (nSPS) is 32.6. The minimum Gasteiger partial charge on any atom is -0.103 e. The van der Waals surface area contributed by atoms with E-state index in [1.165, 1.54) is 63.4 Å². The number of hydrogen-bond acceptors (Lipinski definition) is 0. The molecule has 1 aromatic carbocycles. The SMILES string of the molecule is C=CCC1CCC(C2CCC(c3ccc(C)cc3)CC2)CC1.[HH].[HH]. The van der Waals surface area contributed by atoms with Crippen molar-refractivity contribution >= 4 is 0 Å². The zero-order valence-electron chi connectivity index (χ0n) is 14.3. The van der Waals surface area contributed by atoms with E-state index in [4.69, 9.17) is 0 Å². The quantitative estimate of drug-likeness (QED) is 0.518. The Morgan fingerprint density at radius 1 is 0.909 bits per heavy atom. The van der Waals surface area contributed by atoms with Crippen LogP contribution in [0.5, 0.6) is 0 Å². The van der Waals surface area contributed by atoms with E-state index >= 15 is 0 Å². The van der Waals surface area contributed by atoms with Crippen LogP contribution in [-0.2, 0) is 0 Å². The first-order chi connectivity index (χ1) is 10.8. The summed E-state index contributed by atoms with van der Waals surface area (Å²) in [6.07, 6.45) is 15.0. The van der Waals surface area contributed by atoms with Gasteiger partial charge in [-0.2, -0.15) is 0 Å². The average molecular weight is 301 g/mol. The van der Waals surface area contributed by atoms with Crippen molar-refractivity contribution in [2.45, 2.75) is 70.6 Å². The predicted molar refractivity (Wildman–Crippen MR) is 100 cm³/mol. The van der Waals surface area contributed by atoms with Crippen molar-refractivity contribution in [3.05, 3.63) is 48.0 Å². The molecule has 2 fully saturated rings. The summed E-state index contributed by atoms with van der Waals surface area (Å²) in [6, 6.07) is 9.28. The van der Waals surface area contributed by atoms with Gasteiger partial charge in [0.15, 0.2) is 0 Å². The Bertz CT molecular complexity index is 463. The van der Waals surface area contributed by atoms with E-state index in [0.29, 0.717) is 0 Å². The van der Waals surface area contributed by atoms with Crippen molar-refractivity contribution in [1.29, 1.82) is 0 Å². The summed E-state index contributed by atoms with van der Waals surface area (Å²) >= 11 is 0. The summed E-state index contributed by atoms with van der Waals surface area (Å²) in [5.74, 6) is 3.82. The number of aryl methyl sites for hydroxylation is 1. The second kappa shape index (κ2) is 7.49. The number of hydrogen-bond donors (Lipinski definition) is 0. The lowest BCUT2D eigenvalue weighted by molar-refractivity contribution is 0.160. The Morgan fingerprint density at radius 3 is 2.00 bits per heavy atom. The van der Waals surface area contributed by atoms with Crippen LogP contribution in [0.15, 0.2) is 36.9 Å². The highest BCUT2D eigenvalue weighted by atomic mass is 14.4. The molecule has 0 radical (unpaired) electrons. The highest BCUT2D eigenvalue weighted by Crippen LogP contribution is 2.44. The first-order valence-corrected chi connectivity index (χ1v) is 9.43. The first kappa shape index (κ1) is 15.8. The molecule has 2 aliphatic carbocycles. The maximum absolute atomic E-state index is 3.91. The molecule has 0 saturated heterocycles. The molecule has 22 heavy (non-hydrogen) atoms. The van der Waals surface area contributed by atoms with E-state index in [1.807, 2.05) is 0 Å². The molecular weight excluding hydrogens is 264 g/mol. The van der Waals surface area contributed by atoms with E-state index in [2.05, 4.69) is 43.8 Å². The zero-order chi connectivity index (χ0) is 15.4. The van der Waals surface area contributed by atoms with Crippen molar-refractivity contribution in [3.8, 4) is 0 Å². The third kappa shape index (κ3) is 3.83. The Hall–Kier alpha value is -1.04. The summed E-state index contributed by atoms with van der Waals surface area (Å²) in [4.78, 5) is 0. The van der Waals surface area contributed by atoms with Crippen LogP contribution < -0.4 is 0 Å². The Morgan fingerprint density at radius 2 is 1.45 bits per heavy atom. The topological polar surface area (TPSA) is 0 Å². The van der Waals surface area contributed by atoms with Gasteiger partial charge in [-0.3, -0.25) is 0 Å². The molecule has 3 rings (SSSR count). The third-order valence-electron chi connectivity index (χ3n) is 6.38. The van der Waals surface area contributed by atoms with Crippen LogP contribution in [-0.4, -0.2) is 0 Å². The van der Waals surface area contributed by atoms with Crippen molar-refractivity contribution in [2.75, 3.05) is 0 Å². The molecule has 0 aliphatic heterocycles. The smallest absolute Gasteiger partial charge is 0 e. The predicted octanol–water partition coefficient (Wildman–Crippen LogP) is 7.14. The molecule has 0 heterocycles. The lowest BCUT2D eigenvalue weighted by Gasteiger charge is -2.38. The van der Waals surface area contributed by atoms with Crippen molar-refractivity contribution in [3.63, 3.8) is 0 Å². The number of rotatable bonds is 4. The van der Waals surface area contributed by atoms with Crippen LogP contribution in [0, 0.1) is 24.7 Å². The van der Waals surface area contributed by atoms with Crippen LogP contribution in [0.3, 0.4) is 0 Å². The minimum atomic E-state index is 0. The first-order valence-electron chi connectivity index (χ1n) is 9.43. The lowest BCUT2D eigenvalue weighted by Crippen LogP contribution is -2.25. The molecular formula is C22H36. The zero-order valence-corrected chi connectivity index (χ0v) is 14.3. The molecule has 1 aromatic rings.